The van der Waals surface area contributed by atoms with Crippen LogP contribution in [0.4, 0.5) is 5.82 Å². The van der Waals surface area contributed by atoms with Crippen LogP contribution in [0, 0.1) is 5.92 Å². The van der Waals surface area contributed by atoms with Crippen LogP contribution in [0.2, 0.25) is 5.02 Å². The zero-order valence-corrected chi connectivity index (χ0v) is 13.1. The molecule has 2 rings (SSSR count). The van der Waals surface area contributed by atoms with Crippen molar-refractivity contribution in [2.75, 3.05) is 39.5 Å². The minimum Gasteiger partial charge on any atom is -0.373 e. The zero-order valence-electron chi connectivity index (χ0n) is 12.4. The average Bonchev–Trinajstić information content (AvgIpc) is 2.81. The van der Waals surface area contributed by atoms with E-state index < -0.39 is 0 Å². The first-order valence-corrected chi connectivity index (χ1v) is 7.11. The fourth-order valence-corrected chi connectivity index (χ4v) is 2.85. The van der Waals surface area contributed by atoms with Crippen LogP contribution >= 0.6 is 11.6 Å². The van der Waals surface area contributed by atoms with Gasteiger partial charge in [0.15, 0.2) is 0 Å². The van der Waals surface area contributed by atoms with Crippen molar-refractivity contribution in [2.24, 2.45) is 5.92 Å². The number of rotatable bonds is 3. The summed E-state index contributed by atoms with van der Waals surface area (Å²) in [5.74, 6) is 0.998. The highest BCUT2D eigenvalue weighted by Crippen LogP contribution is 2.24. The molecular weight excluding hydrogens is 276 g/mol. The summed E-state index contributed by atoms with van der Waals surface area (Å²) in [6.07, 6.45) is 0. The molecule has 1 aromatic rings. The highest BCUT2D eigenvalue weighted by molar-refractivity contribution is 6.33. The first-order chi connectivity index (χ1) is 9.43. The van der Waals surface area contributed by atoms with Gasteiger partial charge in [0, 0.05) is 26.2 Å². The molecule has 0 bridgehead atoms. The largest absolute Gasteiger partial charge is 0.373 e. The molecule has 0 spiro atoms. The van der Waals surface area contributed by atoms with E-state index in [1.165, 1.54) is 0 Å². The van der Waals surface area contributed by atoms with E-state index in [1.54, 1.807) is 19.2 Å². The molecule has 1 N–H and O–H groups in total. The van der Waals surface area contributed by atoms with Gasteiger partial charge in [0.05, 0.1) is 5.02 Å². The summed E-state index contributed by atoms with van der Waals surface area (Å²) in [6, 6.07) is 3.84. The third kappa shape index (κ3) is 2.88. The van der Waals surface area contributed by atoms with E-state index >= 15 is 0 Å². The molecule has 2 unspecified atom stereocenters. The number of nitrogens with zero attached hydrogens (tertiary/aromatic N) is 3. The summed E-state index contributed by atoms with van der Waals surface area (Å²) >= 11 is 6.11. The van der Waals surface area contributed by atoms with Crippen molar-refractivity contribution < 1.29 is 4.79 Å². The van der Waals surface area contributed by atoms with E-state index in [2.05, 4.69) is 22.1 Å². The van der Waals surface area contributed by atoms with Crippen molar-refractivity contribution in [1.29, 1.82) is 0 Å². The Morgan fingerprint density at radius 3 is 2.70 bits per heavy atom. The minimum absolute atomic E-state index is 0.0942. The molecule has 2 atom stereocenters. The van der Waals surface area contributed by atoms with Crippen LogP contribution in [-0.4, -0.2) is 61.0 Å². The normalized spacial score (nSPS) is 22.4. The summed E-state index contributed by atoms with van der Waals surface area (Å²) in [6.45, 7) is 3.62. The van der Waals surface area contributed by atoms with Crippen molar-refractivity contribution in [3.8, 4) is 0 Å². The van der Waals surface area contributed by atoms with Gasteiger partial charge < -0.3 is 15.1 Å². The Hall–Kier alpha value is -1.33. The molecule has 110 valence electrons. The molecule has 2 heterocycles. The predicted molar refractivity (Wildman–Crippen MR) is 81.3 cm³/mol. The van der Waals surface area contributed by atoms with E-state index in [0.29, 0.717) is 28.5 Å². The van der Waals surface area contributed by atoms with Gasteiger partial charge in [0.1, 0.15) is 11.5 Å². The molecular formula is C14H21ClN4O. The van der Waals surface area contributed by atoms with E-state index in [1.807, 2.05) is 19.0 Å². The molecule has 1 aliphatic heterocycles. The lowest BCUT2D eigenvalue weighted by Crippen LogP contribution is -2.36. The number of carbonyl (C=O) groups is 1. The maximum absolute atomic E-state index is 12.6. The smallest absolute Gasteiger partial charge is 0.274 e. The highest BCUT2D eigenvalue weighted by Gasteiger charge is 2.35. The van der Waals surface area contributed by atoms with Crippen molar-refractivity contribution in [2.45, 2.75) is 13.0 Å². The second kappa shape index (κ2) is 5.97. The Morgan fingerprint density at radius 1 is 1.45 bits per heavy atom. The summed E-state index contributed by atoms with van der Waals surface area (Å²) in [7, 11) is 5.86. The number of halogens is 1. The molecule has 0 radical (unpaired) electrons. The van der Waals surface area contributed by atoms with Gasteiger partial charge in [0.25, 0.3) is 5.91 Å². The molecule has 0 aliphatic carbocycles. The van der Waals surface area contributed by atoms with Gasteiger partial charge in [-0.1, -0.05) is 18.5 Å². The number of pyridine rings is 1. The summed E-state index contributed by atoms with van der Waals surface area (Å²) in [5, 5.41) is 3.33. The van der Waals surface area contributed by atoms with Crippen molar-refractivity contribution in [3.05, 3.63) is 22.8 Å². The topological polar surface area (TPSA) is 48.5 Å². The number of hydrogen-bond acceptors (Lipinski definition) is 4. The number of hydrogen-bond donors (Lipinski definition) is 1. The number of likely N-dealkylation sites (N-methyl/N-ethyl adjacent to an activating group) is 1. The first-order valence-electron chi connectivity index (χ1n) is 6.74. The Labute approximate surface area is 124 Å². The van der Waals surface area contributed by atoms with E-state index in [4.69, 9.17) is 11.6 Å². The monoisotopic (exact) mass is 296 g/mol. The van der Waals surface area contributed by atoms with Gasteiger partial charge in [-0.2, -0.15) is 0 Å². The van der Waals surface area contributed by atoms with Gasteiger partial charge in [-0.15, -0.1) is 0 Å². The van der Waals surface area contributed by atoms with Crippen LogP contribution in [0.3, 0.4) is 0 Å². The fourth-order valence-electron chi connectivity index (χ4n) is 2.67. The molecule has 1 aliphatic rings. The van der Waals surface area contributed by atoms with Crippen LogP contribution in [0.5, 0.6) is 0 Å². The fraction of sp³-hybridized carbons (Fsp3) is 0.571. The van der Waals surface area contributed by atoms with Crippen molar-refractivity contribution >= 4 is 23.3 Å². The number of nitrogens with one attached hydrogen (secondary N) is 1. The van der Waals surface area contributed by atoms with E-state index in [9.17, 15) is 4.79 Å². The zero-order chi connectivity index (χ0) is 14.9. The third-order valence-corrected chi connectivity index (χ3v) is 4.13. The molecule has 20 heavy (non-hydrogen) atoms. The van der Waals surface area contributed by atoms with Crippen molar-refractivity contribution in [1.82, 2.24) is 14.8 Å². The molecule has 1 saturated heterocycles. The van der Waals surface area contributed by atoms with Gasteiger partial charge in [-0.25, -0.2) is 4.98 Å². The maximum atomic E-state index is 12.6. The summed E-state index contributed by atoms with van der Waals surface area (Å²) < 4.78 is 0. The SMILES string of the molecule is CNc1ccc(Cl)c(C(=O)N2CC(C)C(N(C)C)C2)n1. The van der Waals surface area contributed by atoms with Gasteiger partial charge >= 0.3 is 0 Å². The third-order valence-electron chi connectivity index (χ3n) is 3.83. The Kier molecular flexibility index (Phi) is 4.50. The quantitative estimate of drug-likeness (QED) is 0.924. The number of carbonyl (C=O) groups excluding carboxylic acids is 1. The lowest BCUT2D eigenvalue weighted by molar-refractivity contribution is 0.0776. The number of amides is 1. The molecule has 1 amide bonds. The Morgan fingerprint density at radius 2 is 2.15 bits per heavy atom. The molecule has 1 aromatic heterocycles. The Bertz CT molecular complexity index is 506. The average molecular weight is 297 g/mol. The molecule has 0 aromatic carbocycles. The lowest BCUT2D eigenvalue weighted by Gasteiger charge is -2.22. The van der Waals surface area contributed by atoms with Gasteiger partial charge in [-0.05, 0) is 32.1 Å². The Balaban J connectivity index is 2.20. The van der Waals surface area contributed by atoms with E-state index in [0.717, 1.165) is 13.1 Å². The predicted octanol–water partition coefficient (Wildman–Crippen LogP) is 1.80. The van der Waals surface area contributed by atoms with Crippen LogP contribution < -0.4 is 5.32 Å². The second-order valence-electron chi connectivity index (χ2n) is 5.50. The number of likely N-dealkylation sites (tertiary alicyclic amines) is 1. The second-order valence-corrected chi connectivity index (χ2v) is 5.90. The lowest BCUT2D eigenvalue weighted by atomic mass is 10.1. The minimum atomic E-state index is -0.0942. The molecule has 0 saturated carbocycles. The molecule has 5 nitrogen and oxygen atoms in total. The van der Waals surface area contributed by atoms with Gasteiger partial charge in [-0.3, -0.25) is 4.79 Å². The summed E-state index contributed by atoms with van der Waals surface area (Å²) in [4.78, 5) is 20.9. The maximum Gasteiger partial charge on any atom is 0.274 e. The highest BCUT2D eigenvalue weighted by atomic mass is 35.5. The molecule has 1 fully saturated rings. The number of aromatic nitrogens is 1. The van der Waals surface area contributed by atoms with Crippen LogP contribution in [0.15, 0.2) is 12.1 Å². The summed E-state index contributed by atoms with van der Waals surface area (Å²) in [5.41, 5.74) is 0.324. The van der Waals surface area contributed by atoms with Crippen LogP contribution in [0.25, 0.3) is 0 Å². The standard InChI is InChI=1S/C14H21ClN4O/c1-9-7-19(8-11(9)18(3)4)14(20)13-10(15)5-6-12(16-2)17-13/h5-6,9,11H,7-8H2,1-4H3,(H,16,17). The van der Waals surface area contributed by atoms with Crippen LogP contribution in [-0.2, 0) is 0 Å². The van der Waals surface area contributed by atoms with E-state index in [-0.39, 0.29) is 5.91 Å². The van der Waals surface area contributed by atoms with Crippen LogP contribution in [0.1, 0.15) is 17.4 Å². The van der Waals surface area contributed by atoms with Crippen molar-refractivity contribution in [3.63, 3.8) is 0 Å². The van der Waals surface area contributed by atoms with Gasteiger partial charge in [0.2, 0.25) is 0 Å². The number of anilines is 1. The molecule has 6 heteroatoms. The first kappa shape index (κ1) is 15.1.